The van der Waals surface area contributed by atoms with Crippen molar-refractivity contribution in [2.75, 3.05) is 16.3 Å². The molecule has 35 heavy (non-hydrogen) atoms. The summed E-state index contributed by atoms with van der Waals surface area (Å²) in [4.78, 5) is 41.7. The zero-order valence-electron chi connectivity index (χ0n) is 19.6. The third-order valence-electron chi connectivity index (χ3n) is 6.38. The van der Waals surface area contributed by atoms with E-state index in [-0.39, 0.29) is 30.2 Å². The second kappa shape index (κ2) is 10.3. The molecule has 0 fully saturated rings. The Labute approximate surface area is 209 Å². The lowest BCUT2D eigenvalue weighted by Crippen LogP contribution is -2.46. The molecule has 2 amide bonds. The molecule has 2 atom stereocenters. The number of carboxylic acid groups (broad SMARTS) is 1. The highest BCUT2D eigenvalue weighted by Gasteiger charge is 2.38. The number of amides is 2. The van der Waals surface area contributed by atoms with Gasteiger partial charge in [0.25, 0.3) is 5.91 Å². The van der Waals surface area contributed by atoms with E-state index in [2.05, 4.69) is 0 Å². The van der Waals surface area contributed by atoms with Crippen LogP contribution in [0.4, 0.5) is 11.4 Å². The van der Waals surface area contributed by atoms with Crippen LogP contribution in [0.3, 0.4) is 0 Å². The fourth-order valence-corrected chi connectivity index (χ4v) is 4.84. The molecule has 0 saturated carbocycles. The molecule has 0 unspecified atom stereocenters. The van der Waals surface area contributed by atoms with Gasteiger partial charge in [0.05, 0.1) is 12.3 Å². The zero-order chi connectivity index (χ0) is 25.1. The molecule has 1 heterocycles. The van der Waals surface area contributed by atoms with Crippen molar-refractivity contribution in [3.63, 3.8) is 0 Å². The summed E-state index contributed by atoms with van der Waals surface area (Å²) in [6, 6.07) is 21.2. The van der Waals surface area contributed by atoms with E-state index >= 15 is 0 Å². The number of aliphatic carboxylic acids is 1. The minimum atomic E-state index is -0.918. The number of halogens is 1. The van der Waals surface area contributed by atoms with E-state index in [4.69, 9.17) is 16.7 Å². The smallest absolute Gasteiger partial charge is 0.307 e. The van der Waals surface area contributed by atoms with Crippen LogP contribution in [0.1, 0.15) is 47.7 Å². The predicted molar refractivity (Wildman–Crippen MR) is 137 cm³/mol. The van der Waals surface area contributed by atoms with Gasteiger partial charge in [-0.1, -0.05) is 41.9 Å². The van der Waals surface area contributed by atoms with Crippen molar-refractivity contribution in [1.29, 1.82) is 0 Å². The lowest BCUT2D eigenvalue weighted by molar-refractivity contribution is -0.136. The third kappa shape index (κ3) is 5.08. The molecule has 1 aliphatic heterocycles. The van der Waals surface area contributed by atoms with E-state index in [1.807, 2.05) is 50.2 Å². The first-order valence-corrected chi connectivity index (χ1v) is 12.0. The number of nitrogens with zero attached hydrogens (tertiary/aromatic N) is 2. The summed E-state index contributed by atoms with van der Waals surface area (Å²) in [5, 5.41) is 9.60. The Morgan fingerprint density at radius 2 is 1.66 bits per heavy atom. The maximum Gasteiger partial charge on any atom is 0.307 e. The molecular weight excluding hydrogens is 464 g/mol. The number of carbonyl (C=O) groups excluding carboxylic acids is 2. The van der Waals surface area contributed by atoms with Gasteiger partial charge in [-0.2, -0.15) is 0 Å². The van der Waals surface area contributed by atoms with Crippen molar-refractivity contribution < 1.29 is 19.5 Å². The lowest BCUT2D eigenvalue weighted by atomic mass is 9.84. The van der Waals surface area contributed by atoms with Gasteiger partial charge < -0.3 is 14.9 Å². The Hall–Kier alpha value is -3.64. The van der Waals surface area contributed by atoms with Crippen LogP contribution in [-0.4, -0.2) is 35.5 Å². The van der Waals surface area contributed by atoms with Gasteiger partial charge in [0, 0.05) is 34.5 Å². The van der Waals surface area contributed by atoms with Gasteiger partial charge >= 0.3 is 5.97 Å². The molecule has 3 aromatic rings. The summed E-state index contributed by atoms with van der Waals surface area (Å²) in [6.07, 6.45) is 0.394. The lowest BCUT2D eigenvalue weighted by Gasteiger charge is -2.40. The number of benzene rings is 3. The number of carboxylic acids is 1. The summed E-state index contributed by atoms with van der Waals surface area (Å²) in [6.45, 7) is 4.40. The van der Waals surface area contributed by atoms with Gasteiger partial charge in [-0.15, -0.1) is 0 Å². The monoisotopic (exact) mass is 490 g/mol. The summed E-state index contributed by atoms with van der Waals surface area (Å²) < 4.78 is 0. The van der Waals surface area contributed by atoms with Gasteiger partial charge in [-0.25, -0.2) is 0 Å². The van der Waals surface area contributed by atoms with Crippen LogP contribution in [0, 0.1) is 0 Å². The number of para-hydroxylation sites is 1. The van der Waals surface area contributed by atoms with Gasteiger partial charge in [-0.05, 0) is 73.9 Å². The van der Waals surface area contributed by atoms with Crippen molar-refractivity contribution in [3.8, 4) is 0 Å². The van der Waals surface area contributed by atoms with Gasteiger partial charge in [0.15, 0.2) is 0 Å². The molecule has 1 aliphatic rings. The predicted octanol–water partition coefficient (Wildman–Crippen LogP) is 5.54. The van der Waals surface area contributed by atoms with Crippen molar-refractivity contribution in [3.05, 3.63) is 94.5 Å². The molecular formula is C28H27ClN2O4. The van der Waals surface area contributed by atoms with Crippen LogP contribution < -0.4 is 9.80 Å². The number of hydrogen-bond donors (Lipinski definition) is 1. The number of anilines is 2. The standard InChI is InChI=1S/C28H27ClN2O4/c1-3-30(22-14-12-21(29)13-15-22)28(35)24-16-18(2)31(25-7-5-4-6-23(24)25)27(34)20-10-8-19(9-11-20)17-26(32)33/h4-15,18,24H,3,16-17H2,1-2H3,(H,32,33)/t18-,24-/m0/s1. The third-order valence-corrected chi connectivity index (χ3v) is 6.63. The first-order chi connectivity index (χ1) is 16.8. The summed E-state index contributed by atoms with van der Waals surface area (Å²) >= 11 is 6.03. The normalized spacial score (nSPS) is 16.9. The van der Waals surface area contributed by atoms with E-state index in [0.717, 1.165) is 16.9 Å². The molecule has 7 heteroatoms. The highest BCUT2D eigenvalue weighted by Crippen LogP contribution is 2.40. The van der Waals surface area contributed by atoms with Crippen LogP contribution in [-0.2, 0) is 16.0 Å². The van der Waals surface area contributed by atoms with Gasteiger partial charge in [0.1, 0.15) is 0 Å². The molecule has 0 spiro atoms. The molecule has 0 aromatic heterocycles. The highest BCUT2D eigenvalue weighted by atomic mass is 35.5. The van der Waals surface area contributed by atoms with Crippen LogP contribution >= 0.6 is 11.6 Å². The Kier molecular flexibility index (Phi) is 7.22. The molecule has 4 rings (SSSR count). The van der Waals surface area contributed by atoms with Crippen molar-refractivity contribution in [1.82, 2.24) is 0 Å². The number of hydrogen-bond acceptors (Lipinski definition) is 3. The SMILES string of the molecule is CCN(C(=O)[C@H]1C[C@H](C)N(C(=O)c2ccc(CC(=O)O)cc2)c2ccccc21)c1ccc(Cl)cc1. The second-order valence-electron chi connectivity index (χ2n) is 8.70. The highest BCUT2D eigenvalue weighted by molar-refractivity contribution is 6.30. The molecule has 180 valence electrons. The van der Waals surface area contributed by atoms with Crippen LogP contribution in [0.2, 0.25) is 5.02 Å². The van der Waals surface area contributed by atoms with E-state index in [9.17, 15) is 14.4 Å². The molecule has 0 saturated heterocycles. The Bertz CT molecular complexity index is 1240. The fourth-order valence-electron chi connectivity index (χ4n) is 4.71. The fraction of sp³-hybridized carbons (Fsp3) is 0.250. The molecule has 0 bridgehead atoms. The Balaban J connectivity index is 1.65. The Morgan fingerprint density at radius 1 is 1.00 bits per heavy atom. The average molecular weight is 491 g/mol. The topological polar surface area (TPSA) is 77.9 Å². The second-order valence-corrected chi connectivity index (χ2v) is 9.13. The summed E-state index contributed by atoms with van der Waals surface area (Å²) in [5.74, 6) is -1.50. The van der Waals surface area contributed by atoms with Crippen LogP contribution in [0.5, 0.6) is 0 Å². The summed E-state index contributed by atoms with van der Waals surface area (Å²) in [7, 11) is 0. The largest absolute Gasteiger partial charge is 0.481 e. The number of fused-ring (bicyclic) bond motifs is 1. The molecule has 6 nitrogen and oxygen atoms in total. The first-order valence-electron chi connectivity index (χ1n) is 11.6. The van der Waals surface area contributed by atoms with E-state index < -0.39 is 5.97 Å². The van der Waals surface area contributed by atoms with E-state index in [0.29, 0.717) is 29.1 Å². The van der Waals surface area contributed by atoms with Gasteiger partial charge in [0.2, 0.25) is 5.91 Å². The van der Waals surface area contributed by atoms with E-state index in [1.54, 1.807) is 46.2 Å². The number of carbonyl (C=O) groups is 3. The molecule has 0 radical (unpaired) electrons. The quantitative estimate of drug-likeness (QED) is 0.492. The number of likely N-dealkylation sites (N-methyl/N-ethyl adjacent to an activating group) is 1. The van der Waals surface area contributed by atoms with Crippen LogP contribution in [0.15, 0.2) is 72.8 Å². The maximum absolute atomic E-state index is 13.7. The average Bonchev–Trinajstić information content (AvgIpc) is 2.85. The van der Waals surface area contributed by atoms with E-state index in [1.165, 1.54) is 0 Å². The first kappa shape index (κ1) is 24.5. The van der Waals surface area contributed by atoms with Crippen LogP contribution in [0.25, 0.3) is 0 Å². The number of rotatable bonds is 6. The minimum Gasteiger partial charge on any atom is -0.481 e. The Morgan fingerprint density at radius 3 is 2.29 bits per heavy atom. The molecule has 3 aromatic carbocycles. The van der Waals surface area contributed by atoms with Gasteiger partial charge in [-0.3, -0.25) is 14.4 Å². The zero-order valence-corrected chi connectivity index (χ0v) is 20.4. The van der Waals surface area contributed by atoms with Crippen molar-refractivity contribution >= 4 is 40.8 Å². The molecule has 0 aliphatic carbocycles. The minimum absolute atomic E-state index is 0.0146. The maximum atomic E-state index is 13.7. The summed E-state index contributed by atoms with van der Waals surface area (Å²) in [5.41, 5.74) is 3.43. The van der Waals surface area contributed by atoms with Crippen molar-refractivity contribution in [2.24, 2.45) is 0 Å². The molecule has 1 N–H and O–H groups in total. The van der Waals surface area contributed by atoms with Crippen molar-refractivity contribution in [2.45, 2.75) is 38.6 Å².